The van der Waals surface area contributed by atoms with Gasteiger partial charge in [-0.15, -0.1) is 0 Å². The molecule has 0 saturated heterocycles. The molecule has 1 heterocycles. The molecule has 0 aliphatic carbocycles. The molecule has 0 spiro atoms. The largest absolute Gasteiger partial charge is 0.366 e. The molecule has 0 radical (unpaired) electrons. The number of pyridine rings is 1. The van der Waals surface area contributed by atoms with Crippen LogP contribution >= 0.6 is 0 Å². The van der Waals surface area contributed by atoms with Crippen LogP contribution in [0.5, 0.6) is 0 Å². The number of halogens is 3. The van der Waals surface area contributed by atoms with Crippen molar-refractivity contribution in [1.29, 1.82) is 0 Å². The lowest BCUT2D eigenvalue weighted by molar-refractivity contribution is 0.0981. The molecule has 2 N–H and O–H groups in total. The van der Waals surface area contributed by atoms with Crippen LogP contribution in [0.3, 0.4) is 0 Å². The van der Waals surface area contributed by atoms with Gasteiger partial charge in [0.2, 0.25) is 0 Å². The van der Waals surface area contributed by atoms with Gasteiger partial charge in [-0.2, -0.15) is 0 Å². The van der Waals surface area contributed by atoms with E-state index in [1.807, 2.05) is 0 Å². The van der Waals surface area contributed by atoms with E-state index in [9.17, 15) is 18.0 Å². The molecule has 1 aromatic rings. The van der Waals surface area contributed by atoms with Crippen molar-refractivity contribution in [2.24, 2.45) is 5.73 Å². The number of alkyl halides is 2. The third-order valence-electron chi connectivity index (χ3n) is 1.76. The topological polar surface area (TPSA) is 56.0 Å². The number of aromatic nitrogens is 1. The van der Waals surface area contributed by atoms with Crippen LogP contribution in [0.2, 0.25) is 0 Å². The predicted molar refractivity (Wildman–Crippen MR) is 42.4 cm³/mol. The highest BCUT2D eigenvalue weighted by molar-refractivity contribution is 5.95. The van der Waals surface area contributed by atoms with Crippen LogP contribution < -0.4 is 5.73 Å². The quantitative estimate of drug-likeness (QED) is 0.794. The second-order valence-electron chi connectivity index (χ2n) is 2.66. The third-order valence-corrected chi connectivity index (χ3v) is 1.76. The lowest BCUT2D eigenvalue weighted by atomic mass is 10.1. The molecule has 1 rings (SSSR count). The number of carbonyl (C=O) groups is 1. The average Bonchev–Trinajstić information content (AvgIpc) is 2.08. The smallest absolute Gasteiger partial charge is 0.281 e. The molecule has 0 atom stereocenters. The first-order valence-corrected chi connectivity index (χ1v) is 3.68. The average molecular weight is 204 g/mol. The van der Waals surface area contributed by atoms with Gasteiger partial charge in [0, 0.05) is 5.56 Å². The Morgan fingerprint density at radius 1 is 1.57 bits per heavy atom. The first-order valence-electron chi connectivity index (χ1n) is 3.68. The Bertz CT molecular complexity index is 379. The minimum absolute atomic E-state index is 0.206. The highest BCUT2D eigenvalue weighted by Gasteiger charge is 2.22. The van der Waals surface area contributed by atoms with Crippen LogP contribution in [0.15, 0.2) is 6.20 Å². The molecule has 0 aliphatic heterocycles. The van der Waals surface area contributed by atoms with Gasteiger partial charge in [-0.25, -0.2) is 13.2 Å². The summed E-state index contributed by atoms with van der Waals surface area (Å²) in [5.74, 6) is -1.94. The van der Waals surface area contributed by atoms with Crippen molar-refractivity contribution in [2.45, 2.75) is 13.3 Å². The summed E-state index contributed by atoms with van der Waals surface area (Å²) in [7, 11) is 0. The molecule has 1 aromatic heterocycles. The summed E-state index contributed by atoms with van der Waals surface area (Å²) < 4.78 is 37.5. The van der Waals surface area contributed by atoms with Crippen molar-refractivity contribution >= 4 is 5.91 Å². The fourth-order valence-corrected chi connectivity index (χ4v) is 1.08. The molecule has 14 heavy (non-hydrogen) atoms. The predicted octanol–water partition coefficient (Wildman–Crippen LogP) is 1.57. The van der Waals surface area contributed by atoms with Gasteiger partial charge in [0.15, 0.2) is 0 Å². The molecule has 0 aromatic carbocycles. The number of carbonyl (C=O) groups excluding carboxylic acids is 1. The second kappa shape index (κ2) is 3.65. The Balaban J connectivity index is 3.45. The number of primary amides is 1. The van der Waals surface area contributed by atoms with E-state index >= 15 is 0 Å². The molecular formula is C8H7F3N2O. The minimum atomic E-state index is -2.95. The molecule has 0 bridgehead atoms. The Kier molecular flexibility index (Phi) is 2.73. The third kappa shape index (κ3) is 1.68. The number of hydrogen-bond donors (Lipinski definition) is 1. The van der Waals surface area contributed by atoms with Gasteiger partial charge in [-0.3, -0.25) is 9.78 Å². The van der Waals surface area contributed by atoms with Crippen molar-refractivity contribution in [3.05, 3.63) is 28.8 Å². The number of amides is 1. The number of hydrogen-bond acceptors (Lipinski definition) is 2. The van der Waals surface area contributed by atoms with E-state index in [-0.39, 0.29) is 5.56 Å². The van der Waals surface area contributed by atoms with E-state index in [4.69, 9.17) is 5.73 Å². The summed E-state index contributed by atoms with van der Waals surface area (Å²) in [5, 5.41) is 0. The maximum Gasteiger partial charge on any atom is 0.281 e. The van der Waals surface area contributed by atoms with Gasteiger partial charge < -0.3 is 5.73 Å². The summed E-state index contributed by atoms with van der Waals surface area (Å²) in [6.45, 7) is 1.20. The van der Waals surface area contributed by atoms with E-state index in [0.717, 1.165) is 0 Å². The summed E-state index contributed by atoms with van der Waals surface area (Å²) in [4.78, 5) is 13.9. The van der Waals surface area contributed by atoms with Crippen molar-refractivity contribution < 1.29 is 18.0 Å². The van der Waals surface area contributed by atoms with Crippen LogP contribution in [0, 0.1) is 12.7 Å². The van der Waals surface area contributed by atoms with Crippen LogP contribution in [0.1, 0.15) is 28.0 Å². The normalized spacial score (nSPS) is 10.6. The molecule has 3 nitrogen and oxygen atoms in total. The van der Waals surface area contributed by atoms with E-state index in [1.165, 1.54) is 6.92 Å². The molecule has 0 aliphatic rings. The Hall–Kier alpha value is -1.59. The fourth-order valence-electron chi connectivity index (χ4n) is 1.08. The number of nitrogens with two attached hydrogens (primary N) is 1. The van der Waals surface area contributed by atoms with Gasteiger partial charge in [0.25, 0.3) is 12.3 Å². The van der Waals surface area contributed by atoms with E-state index in [1.54, 1.807) is 0 Å². The first kappa shape index (κ1) is 10.5. The number of nitrogens with zero attached hydrogens (tertiary/aromatic N) is 1. The summed E-state index contributed by atoms with van der Waals surface area (Å²) in [6.07, 6.45) is -2.31. The van der Waals surface area contributed by atoms with Crippen LogP contribution in [0.25, 0.3) is 0 Å². The zero-order valence-corrected chi connectivity index (χ0v) is 7.22. The Labute approximate surface area is 77.7 Å². The highest BCUT2D eigenvalue weighted by Crippen LogP contribution is 2.23. The molecule has 6 heteroatoms. The summed E-state index contributed by atoms with van der Waals surface area (Å²) in [5.41, 5.74) is 3.31. The van der Waals surface area contributed by atoms with Gasteiger partial charge in [0.05, 0.1) is 11.8 Å². The van der Waals surface area contributed by atoms with Crippen LogP contribution in [0.4, 0.5) is 13.2 Å². The summed E-state index contributed by atoms with van der Waals surface area (Å²) >= 11 is 0. The van der Waals surface area contributed by atoms with Gasteiger partial charge in [-0.05, 0) is 6.92 Å². The lowest BCUT2D eigenvalue weighted by Gasteiger charge is -2.07. The maximum absolute atomic E-state index is 12.9. The highest BCUT2D eigenvalue weighted by atomic mass is 19.3. The molecular weight excluding hydrogens is 197 g/mol. The van der Waals surface area contributed by atoms with Crippen molar-refractivity contribution in [2.75, 3.05) is 0 Å². The molecule has 0 fully saturated rings. The van der Waals surface area contributed by atoms with Crippen molar-refractivity contribution in [1.82, 2.24) is 4.98 Å². The van der Waals surface area contributed by atoms with Gasteiger partial charge >= 0.3 is 0 Å². The van der Waals surface area contributed by atoms with Crippen LogP contribution in [-0.4, -0.2) is 10.9 Å². The van der Waals surface area contributed by atoms with Crippen molar-refractivity contribution in [3.8, 4) is 0 Å². The maximum atomic E-state index is 12.9. The zero-order chi connectivity index (χ0) is 10.9. The lowest BCUT2D eigenvalue weighted by Crippen LogP contribution is -2.18. The van der Waals surface area contributed by atoms with E-state index in [0.29, 0.717) is 6.20 Å². The zero-order valence-electron chi connectivity index (χ0n) is 7.22. The monoisotopic (exact) mass is 204 g/mol. The van der Waals surface area contributed by atoms with Crippen LogP contribution in [-0.2, 0) is 0 Å². The fraction of sp³-hybridized carbons (Fsp3) is 0.250. The standard InChI is InChI=1S/C8H7F3N2O/c1-3-4(9)2-13-6(7(10)11)5(3)8(12)14/h2,7H,1H3,(H2,12,14). The number of rotatable bonds is 2. The Morgan fingerprint density at radius 3 is 2.57 bits per heavy atom. The summed E-state index contributed by atoms with van der Waals surface area (Å²) in [6, 6.07) is 0. The van der Waals surface area contributed by atoms with Crippen molar-refractivity contribution in [3.63, 3.8) is 0 Å². The van der Waals surface area contributed by atoms with Gasteiger partial charge in [-0.1, -0.05) is 0 Å². The molecule has 76 valence electrons. The second-order valence-corrected chi connectivity index (χ2v) is 2.66. The van der Waals surface area contributed by atoms with E-state index in [2.05, 4.69) is 4.98 Å². The SMILES string of the molecule is Cc1c(F)cnc(C(F)F)c1C(N)=O. The Morgan fingerprint density at radius 2 is 2.14 bits per heavy atom. The van der Waals surface area contributed by atoms with E-state index < -0.39 is 29.4 Å². The molecule has 1 amide bonds. The minimum Gasteiger partial charge on any atom is -0.366 e. The first-order chi connectivity index (χ1) is 6.45. The van der Waals surface area contributed by atoms with Gasteiger partial charge in [0.1, 0.15) is 11.5 Å². The molecule has 0 unspecified atom stereocenters. The molecule has 0 saturated carbocycles.